The molecule has 0 amide bonds. The second-order valence-corrected chi connectivity index (χ2v) is 7.39. The molecule has 0 unspecified atom stereocenters. The van der Waals surface area contributed by atoms with E-state index < -0.39 is 0 Å². The van der Waals surface area contributed by atoms with E-state index in [0.717, 1.165) is 4.47 Å². The highest BCUT2D eigenvalue weighted by molar-refractivity contribution is 9.10. The van der Waals surface area contributed by atoms with Crippen molar-refractivity contribution in [1.82, 2.24) is 9.78 Å². The second kappa shape index (κ2) is 5.76. The second-order valence-electron chi connectivity index (χ2n) is 6.54. The van der Waals surface area contributed by atoms with Gasteiger partial charge in [0.15, 0.2) is 0 Å². The van der Waals surface area contributed by atoms with Crippen molar-refractivity contribution < 1.29 is 4.79 Å². The van der Waals surface area contributed by atoms with E-state index in [4.69, 9.17) is 0 Å². The molecule has 1 heterocycles. The summed E-state index contributed by atoms with van der Waals surface area (Å²) in [5.74, 6) is -0.00599. The zero-order chi connectivity index (χ0) is 15.8. The van der Waals surface area contributed by atoms with Crippen molar-refractivity contribution in [2.24, 2.45) is 0 Å². The van der Waals surface area contributed by atoms with E-state index in [2.05, 4.69) is 41.8 Å². The minimum absolute atomic E-state index is 0.00599. The van der Waals surface area contributed by atoms with Gasteiger partial charge in [0.25, 0.3) is 0 Å². The number of aromatic nitrogens is 2. The lowest BCUT2D eigenvalue weighted by molar-refractivity contribution is 0.102. The van der Waals surface area contributed by atoms with Gasteiger partial charge in [-0.05, 0) is 40.8 Å². The van der Waals surface area contributed by atoms with E-state index >= 15 is 0 Å². The average molecular weight is 349 g/mol. The van der Waals surface area contributed by atoms with E-state index in [0.29, 0.717) is 11.3 Å². The summed E-state index contributed by atoms with van der Waals surface area (Å²) in [6.45, 7) is 10.5. The van der Waals surface area contributed by atoms with Gasteiger partial charge in [-0.2, -0.15) is 5.10 Å². The van der Waals surface area contributed by atoms with Crippen molar-refractivity contribution in [2.45, 2.75) is 46.1 Å². The number of halogens is 1. The van der Waals surface area contributed by atoms with Gasteiger partial charge in [-0.3, -0.25) is 9.48 Å². The quantitative estimate of drug-likeness (QED) is 0.749. The van der Waals surface area contributed by atoms with Crippen molar-refractivity contribution in [2.75, 3.05) is 0 Å². The molecule has 112 valence electrons. The van der Waals surface area contributed by atoms with Crippen molar-refractivity contribution in [3.8, 4) is 0 Å². The Kier molecular flexibility index (Phi) is 4.38. The van der Waals surface area contributed by atoms with E-state index in [-0.39, 0.29) is 17.2 Å². The van der Waals surface area contributed by atoms with Gasteiger partial charge in [0.2, 0.25) is 5.78 Å². The maximum Gasteiger partial charge on any atom is 0.212 e. The summed E-state index contributed by atoms with van der Waals surface area (Å²) in [5.41, 5.74) is 2.59. The Balaban J connectivity index is 2.39. The van der Waals surface area contributed by atoms with Gasteiger partial charge >= 0.3 is 0 Å². The fourth-order valence-corrected chi connectivity index (χ4v) is 2.66. The Hall–Kier alpha value is -1.42. The van der Waals surface area contributed by atoms with Crippen LogP contribution in [0.4, 0.5) is 0 Å². The molecular weight excluding hydrogens is 328 g/mol. The monoisotopic (exact) mass is 348 g/mol. The third kappa shape index (κ3) is 3.26. The first-order valence-electron chi connectivity index (χ1n) is 7.10. The van der Waals surface area contributed by atoms with Crippen LogP contribution in [0.5, 0.6) is 0 Å². The molecule has 0 fully saturated rings. The number of carbonyl (C=O) groups excluding carboxylic acids is 1. The van der Waals surface area contributed by atoms with Crippen molar-refractivity contribution in [3.05, 3.63) is 51.8 Å². The topological polar surface area (TPSA) is 34.9 Å². The predicted molar refractivity (Wildman–Crippen MR) is 88.9 cm³/mol. The normalized spacial score (nSPS) is 12.0. The molecule has 3 nitrogen and oxygen atoms in total. The van der Waals surface area contributed by atoms with Crippen LogP contribution in [0.3, 0.4) is 0 Å². The van der Waals surface area contributed by atoms with Crippen LogP contribution in [-0.4, -0.2) is 15.6 Å². The number of nitrogens with zero attached hydrogens (tertiary/aromatic N) is 2. The number of hydrogen-bond donors (Lipinski definition) is 0. The fourth-order valence-electron chi connectivity index (χ4n) is 2.20. The third-order valence-corrected chi connectivity index (χ3v) is 4.05. The van der Waals surface area contributed by atoms with Crippen molar-refractivity contribution in [1.29, 1.82) is 0 Å². The molecule has 0 aliphatic rings. The van der Waals surface area contributed by atoms with Crippen LogP contribution in [0.2, 0.25) is 0 Å². The Labute approximate surface area is 134 Å². The lowest BCUT2D eigenvalue weighted by atomic mass is 9.86. The van der Waals surface area contributed by atoms with Crippen molar-refractivity contribution >= 4 is 21.7 Å². The molecule has 0 N–H and O–H groups in total. The molecule has 0 atom stereocenters. The molecule has 0 spiro atoms. The lowest BCUT2D eigenvalue weighted by Crippen LogP contribution is -2.15. The number of carbonyl (C=O) groups is 1. The standard InChI is InChI=1S/C17H21BrN2O/c1-11(2)20-15(14(18)10-19-20)16(21)12-6-8-13(9-7-12)17(3,4)5/h6-11H,1-5H3. The van der Waals surface area contributed by atoms with Crippen LogP contribution in [0, 0.1) is 0 Å². The van der Waals surface area contributed by atoms with Crippen LogP contribution >= 0.6 is 15.9 Å². The molecule has 0 saturated heterocycles. The first-order valence-corrected chi connectivity index (χ1v) is 7.89. The highest BCUT2D eigenvalue weighted by atomic mass is 79.9. The molecular formula is C17H21BrN2O. The van der Waals surface area contributed by atoms with Crippen LogP contribution in [0.25, 0.3) is 0 Å². The van der Waals surface area contributed by atoms with Crippen LogP contribution in [-0.2, 0) is 5.41 Å². The van der Waals surface area contributed by atoms with Gasteiger partial charge in [-0.1, -0.05) is 45.0 Å². The molecule has 1 aromatic carbocycles. The molecule has 0 saturated carbocycles. The first-order chi connectivity index (χ1) is 9.71. The molecule has 0 aliphatic heterocycles. The largest absolute Gasteiger partial charge is 0.287 e. The molecule has 0 aliphatic carbocycles. The summed E-state index contributed by atoms with van der Waals surface area (Å²) < 4.78 is 2.49. The predicted octanol–water partition coefficient (Wildman–Crippen LogP) is 4.76. The van der Waals surface area contributed by atoms with Crippen molar-refractivity contribution in [3.63, 3.8) is 0 Å². The molecule has 4 heteroatoms. The summed E-state index contributed by atoms with van der Waals surface area (Å²) in [7, 11) is 0. The summed E-state index contributed by atoms with van der Waals surface area (Å²) >= 11 is 3.43. The summed E-state index contributed by atoms with van der Waals surface area (Å²) in [6, 6.07) is 7.98. The highest BCUT2D eigenvalue weighted by Gasteiger charge is 2.21. The Bertz CT molecular complexity index is 648. The average Bonchev–Trinajstić information content (AvgIpc) is 2.79. The van der Waals surface area contributed by atoms with Crippen LogP contribution in [0.15, 0.2) is 34.9 Å². The summed E-state index contributed by atoms with van der Waals surface area (Å²) in [4.78, 5) is 12.7. The minimum atomic E-state index is -0.00599. The van der Waals surface area contributed by atoms with Gasteiger partial charge in [0.1, 0.15) is 5.69 Å². The maximum absolute atomic E-state index is 12.7. The number of ketones is 1. The van der Waals surface area contributed by atoms with E-state index in [1.807, 2.05) is 38.1 Å². The smallest absolute Gasteiger partial charge is 0.212 e. The van der Waals surface area contributed by atoms with Crippen LogP contribution < -0.4 is 0 Å². The minimum Gasteiger partial charge on any atom is -0.287 e. The molecule has 21 heavy (non-hydrogen) atoms. The van der Waals surface area contributed by atoms with Gasteiger partial charge < -0.3 is 0 Å². The molecule has 2 rings (SSSR count). The number of rotatable bonds is 3. The third-order valence-electron chi connectivity index (χ3n) is 3.47. The van der Waals surface area contributed by atoms with Crippen LogP contribution in [0.1, 0.15) is 62.3 Å². The lowest BCUT2D eigenvalue weighted by Gasteiger charge is -2.19. The molecule has 2 aromatic rings. The highest BCUT2D eigenvalue weighted by Crippen LogP contribution is 2.25. The van der Waals surface area contributed by atoms with Gasteiger partial charge in [-0.25, -0.2) is 0 Å². The number of benzene rings is 1. The van der Waals surface area contributed by atoms with E-state index in [9.17, 15) is 4.79 Å². The SMILES string of the molecule is CC(C)n1ncc(Br)c1C(=O)c1ccc(C(C)(C)C)cc1. The van der Waals surface area contributed by atoms with E-state index in [1.54, 1.807) is 10.9 Å². The zero-order valence-corrected chi connectivity index (χ0v) is 14.7. The first kappa shape index (κ1) is 16.0. The maximum atomic E-state index is 12.7. The van der Waals surface area contributed by atoms with E-state index in [1.165, 1.54) is 5.56 Å². The number of hydrogen-bond acceptors (Lipinski definition) is 2. The zero-order valence-electron chi connectivity index (χ0n) is 13.1. The summed E-state index contributed by atoms with van der Waals surface area (Å²) in [5, 5.41) is 4.27. The summed E-state index contributed by atoms with van der Waals surface area (Å²) in [6.07, 6.45) is 1.68. The van der Waals surface area contributed by atoms with Gasteiger partial charge in [0, 0.05) is 11.6 Å². The molecule has 0 radical (unpaired) electrons. The van der Waals surface area contributed by atoms with Gasteiger partial charge in [-0.15, -0.1) is 0 Å². The Morgan fingerprint density at radius 2 is 1.76 bits per heavy atom. The molecule has 1 aromatic heterocycles. The molecule has 0 bridgehead atoms. The Morgan fingerprint density at radius 1 is 1.19 bits per heavy atom. The fraction of sp³-hybridized carbons (Fsp3) is 0.412. The Morgan fingerprint density at radius 3 is 2.24 bits per heavy atom. The van der Waals surface area contributed by atoms with Gasteiger partial charge in [0.05, 0.1) is 10.7 Å².